The molecule has 2 rings (SSSR count). The summed E-state index contributed by atoms with van der Waals surface area (Å²) >= 11 is 1.69. The van der Waals surface area contributed by atoms with Crippen LogP contribution in [0.5, 0.6) is 0 Å². The second kappa shape index (κ2) is 6.81. The SMILES string of the molecule is CSCC[C@H](N)C(=O)NC(C)c1cc2ccccc2o1. The van der Waals surface area contributed by atoms with Gasteiger partial charge in [-0.25, -0.2) is 0 Å². The molecule has 2 aromatic rings. The maximum atomic E-state index is 12.0. The van der Waals surface area contributed by atoms with Gasteiger partial charge in [-0.05, 0) is 37.5 Å². The fourth-order valence-corrected chi connectivity index (χ4v) is 2.47. The molecule has 0 aliphatic rings. The number of para-hydroxylation sites is 1. The van der Waals surface area contributed by atoms with Crippen LogP contribution in [0.1, 0.15) is 25.1 Å². The summed E-state index contributed by atoms with van der Waals surface area (Å²) in [5.41, 5.74) is 6.68. The summed E-state index contributed by atoms with van der Waals surface area (Å²) in [7, 11) is 0. The number of thioether (sulfide) groups is 1. The maximum Gasteiger partial charge on any atom is 0.237 e. The second-order valence-corrected chi connectivity index (χ2v) is 5.79. The van der Waals surface area contributed by atoms with Crippen LogP contribution in [0, 0.1) is 0 Å². The molecule has 0 saturated heterocycles. The van der Waals surface area contributed by atoms with Crippen molar-refractivity contribution in [2.45, 2.75) is 25.4 Å². The van der Waals surface area contributed by atoms with Gasteiger partial charge in [0.05, 0.1) is 12.1 Å². The number of rotatable bonds is 6. The molecule has 0 aliphatic carbocycles. The summed E-state index contributed by atoms with van der Waals surface area (Å²) in [5.74, 6) is 1.50. The number of carbonyl (C=O) groups is 1. The first-order chi connectivity index (χ1) is 9.61. The Bertz CT molecular complexity index is 549. The van der Waals surface area contributed by atoms with Crippen LogP contribution < -0.4 is 11.1 Å². The Morgan fingerprint density at radius 1 is 1.45 bits per heavy atom. The van der Waals surface area contributed by atoms with Crippen LogP contribution in [0.3, 0.4) is 0 Å². The third kappa shape index (κ3) is 3.55. The summed E-state index contributed by atoms with van der Waals surface area (Å²) in [6, 6.07) is 9.09. The standard InChI is InChI=1S/C15H20N2O2S/c1-10(17-15(18)12(16)7-8-20-2)14-9-11-5-3-4-6-13(11)19-14/h3-6,9-10,12H,7-8,16H2,1-2H3,(H,17,18)/t10?,12-/m0/s1. The molecule has 0 aliphatic heterocycles. The Morgan fingerprint density at radius 2 is 2.20 bits per heavy atom. The van der Waals surface area contributed by atoms with E-state index in [1.165, 1.54) is 0 Å². The summed E-state index contributed by atoms with van der Waals surface area (Å²) in [4.78, 5) is 12.0. The van der Waals surface area contributed by atoms with Gasteiger partial charge in [0.15, 0.2) is 0 Å². The molecule has 5 heteroatoms. The Morgan fingerprint density at radius 3 is 2.90 bits per heavy atom. The van der Waals surface area contributed by atoms with E-state index in [1.54, 1.807) is 11.8 Å². The van der Waals surface area contributed by atoms with Gasteiger partial charge in [0, 0.05) is 5.39 Å². The quantitative estimate of drug-likeness (QED) is 0.859. The molecule has 4 nitrogen and oxygen atoms in total. The van der Waals surface area contributed by atoms with Crippen LogP contribution in [0.4, 0.5) is 0 Å². The first-order valence-corrected chi connectivity index (χ1v) is 8.04. The molecule has 20 heavy (non-hydrogen) atoms. The predicted octanol–water partition coefficient (Wildman–Crippen LogP) is 2.69. The molecule has 0 radical (unpaired) electrons. The highest BCUT2D eigenvalue weighted by Crippen LogP contribution is 2.23. The van der Waals surface area contributed by atoms with E-state index in [-0.39, 0.29) is 11.9 Å². The van der Waals surface area contributed by atoms with Crippen LogP contribution in [0.15, 0.2) is 34.7 Å². The van der Waals surface area contributed by atoms with E-state index in [0.29, 0.717) is 6.42 Å². The molecular formula is C15H20N2O2S. The summed E-state index contributed by atoms with van der Waals surface area (Å²) in [6.45, 7) is 1.90. The summed E-state index contributed by atoms with van der Waals surface area (Å²) in [5, 5.41) is 3.94. The van der Waals surface area contributed by atoms with Crippen LogP contribution in [0.25, 0.3) is 11.0 Å². The van der Waals surface area contributed by atoms with Crippen molar-refractivity contribution in [3.8, 4) is 0 Å². The van der Waals surface area contributed by atoms with Crippen molar-refractivity contribution in [1.82, 2.24) is 5.32 Å². The zero-order valence-electron chi connectivity index (χ0n) is 11.8. The summed E-state index contributed by atoms with van der Waals surface area (Å²) < 4.78 is 5.73. The molecule has 1 aromatic carbocycles. The number of carbonyl (C=O) groups excluding carboxylic acids is 1. The Labute approximate surface area is 123 Å². The first kappa shape index (κ1) is 14.9. The smallest absolute Gasteiger partial charge is 0.237 e. The van der Waals surface area contributed by atoms with Crippen LogP contribution in [-0.4, -0.2) is 24.0 Å². The van der Waals surface area contributed by atoms with Crippen LogP contribution >= 0.6 is 11.8 Å². The zero-order chi connectivity index (χ0) is 14.5. The molecule has 0 fully saturated rings. The van der Waals surface area contributed by atoms with Crippen molar-refractivity contribution in [2.75, 3.05) is 12.0 Å². The van der Waals surface area contributed by atoms with E-state index in [2.05, 4.69) is 5.32 Å². The van der Waals surface area contributed by atoms with Gasteiger partial charge in [-0.1, -0.05) is 18.2 Å². The highest BCUT2D eigenvalue weighted by atomic mass is 32.2. The number of hydrogen-bond acceptors (Lipinski definition) is 4. The van der Waals surface area contributed by atoms with Crippen molar-refractivity contribution in [1.29, 1.82) is 0 Å². The van der Waals surface area contributed by atoms with Crippen molar-refractivity contribution >= 4 is 28.6 Å². The average Bonchev–Trinajstić information content (AvgIpc) is 2.88. The monoisotopic (exact) mass is 292 g/mol. The molecule has 0 bridgehead atoms. The summed E-state index contributed by atoms with van der Waals surface area (Å²) in [6.07, 6.45) is 2.68. The number of amides is 1. The minimum Gasteiger partial charge on any atom is -0.459 e. The van der Waals surface area contributed by atoms with Crippen molar-refractivity contribution in [2.24, 2.45) is 5.73 Å². The van der Waals surface area contributed by atoms with Crippen molar-refractivity contribution < 1.29 is 9.21 Å². The molecule has 1 unspecified atom stereocenters. The van der Waals surface area contributed by atoms with Gasteiger partial charge in [0.25, 0.3) is 0 Å². The molecular weight excluding hydrogens is 272 g/mol. The van der Waals surface area contributed by atoms with Crippen LogP contribution in [-0.2, 0) is 4.79 Å². The Hall–Kier alpha value is -1.46. The number of hydrogen-bond donors (Lipinski definition) is 2. The fraction of sp³-hybridized carbons (Fsp3) is 0.400. The number of nitrogens with two attached hydrogens (primary N) is 1. The normalized spacial score (nSPS) is 14.2. The van der Waals surface area contributed by atoms with Crippen LogP contribution in [0.2, 0.25) is 0 Å². The number of benzene rings is 1. The molecule has 0 saturated carbocycles. The topological polar surface area (TPSA) is 68.3 Å². The van der Waals surface area contributed by atoms with Gasteiger partial charge in [-0.3, -0.25) is 4.79 Å². The highest BCUT2D eigenvalue weighted by Gasteiger charge is 2.18. The van der Waals surface area contributed by atoms with Crippen molar-refractivity contribution in [3.63, 3.8) is 0 Å². The molecule has 1 heterocycles. The molecule has 2 atom stereocenters. The number of fused-ring (bicyclic) bond motifs is 1. The van der Waals surface area contributed by atoms with Gasteiger partial charge in [0.2, 0.25) is 5.91 Å². The number of nitrogens with one attached hydrogen (secondary N) is 1. The average molecular weight is 292 g/mol. The van der Waals surface area contributed by atoms with Gasteiger partial charge >= 0.3 is 0 Å². The van der Waals surface area contributed by atoms with Gasteiger partial charge in [-0.15, -0.1) is 0 Å². The maximum absolute atomic E-state index is 12.0. The van der Waals surface area contributed by atoms with Gasteiger partial charge in [0.1, 0.15) is 11.3 Å². The molecule has 1 amide bonds. The van der Waals surface area contributed by atoms with E-state index < -0.39 is 6.04 Å². The van der Waals surface area contributed by atoms with Gasteiger partial charge < -0.3 is 15.5 Å². The third-order valence-corrected chi connectivity index (χ3v) is 3.84. The zero-order valence-corrected chi connectivity index (χ0v) is 12.6. The molecule has 1 aromatic heterocycles. The number of furan rings is 1. The Balaban J connectivity index is 2.00. The van der Waals surface area contributed by atoms with Crippen molar-refractivity contribution in [3.05, 3.63) is 36.1 Å². The molecule has 0 spiro atoms. The van der Waals surface area contributed by atoms with E-state index in [1.807, 2.05) is 43.5 Å². The lowest BCUT2D eigenvalue weighted by Gasteiger charge is -2.15. The van der Waals surface area contributed by atoms with E-state index in [9.17, 15) is 4.79 Å². The van der Waals surface area contributed by atoms with E-state index in [4.69, 9.17) is 10.2 Å². The predicted molar refractivity (Wildman–Crippen MR) is 83.7 cm³/mol. The lowest BCUT2D eigenvalue weighted by atomic mass is 10.2. The first-order valence-electron chi connectivity index (χ1n) is 6.65. The largest absolute Gasteiger partial charge is 0.459 e. The highest BCUT2D eigenvalue weighted by molar-refractivity contribution is 7.98. The van der Waals surface area contributed by atoms with E-state index in [0.717, 1.165) is 22.5 Å². The van der Waals surface area contributed by atoms with Gasteiger partial charge in [-0.2, -0.15) is 11.8 Å². The molecule has 108 valence electrons. The molecule has 3 N–H and O–H groups in total. The lowest BCUT2D eigenvalue weighted by molar-refractivity contribution is -0.123. The van der Waals surface area contributed by atoms with E-state index >= 15 is 0 Å². The Kier molecular flexibility index (Phi) is 5.09. The third-order valence-electron chi connectivity index (χ3n) is 3.20. The minimum atomic E-state index is -0.464. The minimum absolute atomic E-state index is 0.132. The lowest BCUT2D eigenvalue weighted by Crippen LogP contribution is -2.41. The second-order valence-electron chi connectivity index (χ2n) is 4.80. The fourth-order valence-electron chi connectivity index (χ4n) is 1.98.